The van der Waals surface area contributed by atoms with Gasteiger partial charge in [0.05, 0.1) is 0 Å². The summed E-state index contributed by atoms with van der Waals surface area (Å²) in [6, 6.07) is 34.7. The topological polar surface area (TPSA) is 0 Å². The van der Waals surface area contributed by atoms with Gasteiger partial charge in [0.1, 0.15) is 0 Å². The minimum atomic E-state index is 1.27. The summed E-state index contributed by atoms with van der Waals surface area (Å²) in [6.07, 6.45) is 0. The standard InChI is InChI=1S/C26H18S2/c1-3-7-19(8-4-1)23-15-17-27-25(23)21-11-13-22(14-12-21)26-24(16-18-28-26)20-9-5-2-6-10-20/h1-18H. The van der Waals surface area contributed by atoms with Crippen LogP contribution < -0.4 is 0 Å². The van der Waals surface area contributed by atoms with E-state index in [-0.39, 0.29) is 0 Å². The van der Waals surface area contributed by atoms with Crippen molar-refractivity contribution < 1.29 is 0 Å². The Balaban J connectivity index is 1.51. The fourth-order valence-corrected chi connectivity index (χ4v) is 5.38. The number of hydrogen-bond donors (Lipinski definition) is 0. The van der Waals surface area contributed by atoms with Crippen LogP contribution in [0.5, 0.6) is 0 Å². The third-order valence-corrected chi connectivity index (χ3v) is 6.84. The quantitative estimate of drug-likeness (QED) is 0.287. The summed E-state index contributed by atoms with van der Waals surface area (Å²) >= 11 is 3.61. The molecule has 5 rings (SSSR count). The van der Waals surface area contributed by atoms with E-state index in [1.807, 2.05) is 0 Å². The van der Waals surface area contributed by atoms with Crippen molar-refractivity contribution in [3.8, 4) is 43.1 Å². The first kappa shape index (κ1) is 17.2. The molecule has 0 atom stereocenters. The fraction of sp³-hybridized carbons (Fsp3) is 0. The Kier molecular flexibility index (Phi) is 4.66. The maximum absolute atomic E-state index is 2.25. The second-order valence-electron chi connectivity index (χ2n) is 6.64. The smallest absolute Gasteiger partial charge is 0.0421 e. The van der Waals surface area contributed by atoms with E-state index >= 15 is 0 Å². The monoisotopic (exact) mass is 394 g/mol. The lowest BCUT2D eigenvalue weighted by atomic mass is 10.00. The molecule has 2 heterocycles. The lowest BCUT2D eigenvalue weighted by molar-refractivity contribution is 1.63. The number of hydrogen-bond acceptors (Lipinski definition) is 2. The Labute approximate surface area is 173 Å². The molecule has 0 saturated carbocycles. The third kappa shape index (κ3) is 3.22. The van der Waals surface area contributed by atoms with Gasteiger partial charge in [-0.05, 0) is 45.1 Å². The van der Waals surface area contributed by atoms with E-state index in [0.717, 1.165) is 0 Å². The van der Waals surface area contributed by atoms with Gasteiger partial charge in [-0.15, -0.1) is 22.7 Å². The summed E-state index contributed by atoms with van der Waals surface area (Å²) in [5.74, 6) is 0. The molecule has 0 saturated heterocycles. The van der Waals surface area contributed by atoms with E-state index in [1.54, 1.807) is 22.7 Å². The highest BCUT2D eigenvalue weighted by Crippen LogP contribution is 2.40. The average molecular weight is 395 g/mol. The third-order valence-electron chi connectivity index (χ3n) is 4.91. The summed E-state index contributed by atoms with van der Waals surface area (Å²) in [7, 11) is 0. The van der Waals surface area contributed by atoms with Gasteiger partial charge in [0.15, 0.2) is 0 Å². The molecule has 134 valence electrons. The van der Waals surface area contributed by atoms with Gasteiger partial charge in [-0.1, -0.05) is 84.9 Å². The zero-order valence-corrected chi connectivity index (χ0v) is 16.8. The van der Waals surface area contributed by atoms with Crippen LogP contribution in [0, 0.1) is 0 Å². The second kappa shape index (κ2) is 7.59. The Hall–Kier alpha value is -2.94. The van der Waals surface area contributed by atoms with Gasteiger partial charge in [-0.25, -0.2) is 0 Å². The largest absolute Gasteiger partial charge is 0.143 e. The molecule has 0 aliphatic carbocycles. The van der Waals surface area contributed by atoms with Crippen LogP contribution in [0.25, 0.3) is 43.1 Å². The zero-order valence-electron chi connectivity index (χ0n) is 15.2. The number of thiophene rings is 2. The summed E-state index contributed by atoms with van der Waals surface area (Å²) in [4.78, 5) is 2.65. The highest BCUT2D eigenvalue weighted by molar-refractivity contribution is 7.14. The first-order chi connectivity index (χ1) is 13.9. The van der Waals surface area contributed by atoms with E-state index in [0.29, 0.717) is 0 Å². The zero-order chi connectivity index (χ0) is 18.8. The highest BCUT2D eigenvalue weighted by Gasteiger charge is 2.12. The predicted molar refractivity (Wildman–Crippen MR) is 124 cm³/mol. The van der Waals surface area contributed by atoms with Crippen molar-refractivity contribution in [3.05, 3.63) is 108 Å². The summed E-state index contributed by atoms with van der Waals surface area (Å²) in [6.45, 7) is 0. The van der Waals surface area contributed by atoms with Gasteiger partial charge >= 0.3 is 0 Å². The Morgan fingerprint density at radius 1 is 0.357 bits per heavy atom. The van der Waals surface area contributed by atoms with Crippen molar-refractivity contribution >= 4 is 22.7 Å². The molecule has 5 aromatic rings. The van der Waals surface area contributed by atoms with E-state index in [9.17, 15) is 0 Å². The molecule has 0 bridgehead atoms. The van der Waals surface area contributed by atoms with E-state index in [1.165, 1.54) is 43.1 Å². The Bertz CT molecular complexity index is 1080. The van der Waals surface area contributed by atoms with Crippen molar-refractivity contribution in [2.24, 2.45) is 0 Å². The molecule has 0 amide bonds. The molecular formula is C26H18S2. The van der Waals surface area contributed by atoms with Crippen molar-refractivity contribution in [2.45, 2.75) is 0 Å². The van der Waals surface area contributed by atoms with E-state index in [4.69, 9.17) is 0 Å². The van der Waals surface area contributed by atoms with Gasteiger partial charge in [0.2, 0.25) is 0 Å². The lowest BCUT2D eigenvalue weighted by Crippen LogP contribution is -1.81. The molecule has 0 radical (unpaired) electrons. The number of rotatable bonds is 4. The lowest BCUT2D eigenvalue weighted by Gasteiger charge is -2.08. The number of benzene rings is 3. The molecule has 2 heteroatoms. The molecule has 0 aliphatic rings. The molecule has 0 aliphatic heterocycles. The summed E-state index contributed by atoms with van der Waals surface area (Å²) < 4.78 is 0. The van der Waals surface area contributed by atoms with Crippen LogP contribution in [0.2, 0.25) is 0 Å². The Morgan fingerprint density at radius 3 is 1.14 bits per heavy atom. The van der Waals surface area contributed by atoms with Crippen LogP contribution >= 0.6 is 22.7 Å². The van der Waals surface area contributed by atoms with E-state index in [2.05, 4.69) is 108 Å². The molecular weight excluding hydrogens is 376 g/mol. The second-order valence-corrected chi connectivity index (χ2v) is 8.47. The summed E-state index contributed by atoms with van der Waals surface area (Å²) in [5.41, 5.74) is 7.70. The first-order valence-corrected chi connectivity index (χ1v) is 11.0. The molecule has 28 heavy (non-hydrogen) atoms. The fourth-order valence-electron chi connectivity index (χ4n) is 3.53. The van der Waals surface area contributed by atoms with Crippen LogP contribution in [-0.4, -0.2) is 0 Å². The molecule has 0 spiro atoms. The maximum atomic E-state index is 2.25. The molecule has 0 unspecified atom stereocenters. The van der Waals surface area contributed by atoms with Crippen LogP contribution in [0.15, 0.2) is 108 Å². The minimum Gasteiger partial charge on any atom is -0.143 e. The van der Waals surface area contributed by atoms with Crippen LogP contribution in [0.1, 0.15) is 0 Å². The van der Waals surface area contributed by atoms with Crippen LogP contribution in [-0.2, 0) is 0 Å². The molecule has 0 nitrogen and oxygen atoms in total. The molecule has 0 fully saturated rings. The van der Waals surface area contributed by atoms with Crippen molar-refractivity contribution in [2.75, 3.05) is 0 Å². The molecule has 2 aromatic heterocycles. The van der Waals surface area contributed by atoms with Gasteiger partial charge in [-0.3, -0.25) is 0 Å². The predicted octanol–water partition coefficient (Wildman–Crippen LogP) is 8.48. The SMILES string of the molecule is c1ccc(-c2ccsc2-c2ccc(-c3sccc3-c3ccccc3)cc2)cc1. The van der Waals surface area contributed by atoms with E-state index < -0.39 is 0 Å². The average Bonchev–Trinajstić information content (AvgIpc) is 3.45. The maximum Gasteiger partial charge on any atom is 0.0421 e. The first-order valence-electron chi connectivity index (χ1n) is 9.27. The highest BCUT2D eigenvalue weighted by atomic mass is 32.1. The summed E-state index contributed by atoms with van der Waals surface area (Å²) in [5, 5.41) is 4.36. The molecule has 0 N–H and O–H groups in total. The van der Waals surface area contributed by atoms with Crippen LogP contribution in [0.4, 0.5) is 0 Å². The van der Waals surface area contributed by atoms with Gasteiger partial charge < -0.3 is 0 Å². The van der Waals surface area contributed by atoms with Crippen LogP contribution in [0.3, 0.4) is 0 Å². The van der Waals surface area contributed by atoms with Crippen molar-refractivity contribution in [1.82, 2.24) is 0 Å². The van der Waals surface area contributed by atoms with Gasteiger partial charge in [-0.2, -0.15) is 0 Å². The molecule has 3 aromatic carbocycles. The van der Waals surface area contributed by atoms with Gasteiger partial charge in [0, 0.05) is 20.9 Å². The minimum absolute atomic E-state index is 1.27. The normalized spacial score (nSPS) is 10.9. The van der Waals surface area contributed by atoms with Crippen molar-refractivity contribution in [3.63, 3.8) is 0 Å². The Morgan fingerprint density at radius 2 is 0.750 bits per heavy atom. The van der Waals surface area contributed by atoms with Gasteiger partial charge in [0.25, 0.3) is 0 Å². The van der Waals surface area contributed by atoms with Crippen molar-refractivity contribution in [1.29, 1.82) is 0 Å².